The standard InChI is InChI=1S/C25H24Cl2O3/c1-5-20-14(2)21(15(3)22(24(20)28)25(29)30-4)23(16-6-10-18(26)11-7-16)17-8-12-19(27)13-9-17/h6-13,23,28H,5H2,1-4H3. The van der Waals surface area contributed by atoms with Crippen LogP contribution in [0, 0.1) is 13.8 Å². The number of hydrogen-bond acceptors (Lipinski definition) is 3. The molecule has 0 aliphatic rings. The van der Waals surface area contributed by atoms with Crippen molar-refractivity contribution in [3.63, 3.8) is 0 Å². The Morgan fingerprint density at radius 2 is 1.40 bits per heavy atom. The van der Waals surface area contributed by atoms with Crippen LogP contribution in [0.3, 0.4) is 0 Å². The molecule has 1 N–H and O–H groups in total. The largest absolute Gasteiger partial charge is 0.507 e. The van der Waals surface area contributed by atoms with Gasteiger partial charge in [-0.05, 0) is 77.9 Å². The maximum Gasteiger partial charge on any atom is 0.341 e. The fraction of sp³-hybridized carbons (Fsp3) is 0.240. The van der Waals surface area contributed by atoms with Crippen LogP contribution in [-0.2, 0) is 11.2 Å². The Morgan fingerprint density at radius 1 is 0.933 bits per heavy atom. The number of phenols is 1. The number of carbonyl (C=O) groups excluding carboxylic acids is 1. The van der Waals surface area contributed by atoms with Crippen molar-refractivity contribution >= 4 is 29.2 Å². The Labute approximate surface area is 187 Å². The van der Waals surface area contributed by atoms with Gasteiger partial charge in [0.2, 0.25) is 0 Å². The molecule has 3 nitrogen and oxygen atoms in total. The minimum absolute atomic E-state index is 0.00550. The molecule has 0 aliphatic heterocycles. The van der Waals surface area contributed by atoms with E-state index in [1.807, 2.05) is 69.3 Å². The Balaban J connectivity index is 2.39. The molecular weight excluding hydrogens is 419 g/mol. The molecule has 3 aromatic carbocycles. The number of ether oxygens (including phenoxy) is 1. The van der Waals surface area contributed by atoms with E-state index in [1.54, 1.807) is 0 Å². The fourth-order valence-corrected chi connectivity index (χ4v) is 4.39. The van der Waals surface area contributed by atoms with Crippen molar-refractivity contribution < 1.29 is 14.6 Å². The summed E-state index contributed by atoms with van der Waals surface area (Å²) in [5, 5.41) is 12.1. The maximum absolute atomic E-state index is 12.6. The number of methoxy groups -OCH3 is 1. The van der Waals surface area contributed by atoms with Gasteiger partial charge in [0, 0.05) is 16.0 Å². The van der Waals surface area contributed by atoms with Gasteiger partial charge in [-0.3, -0.25) is 0 Å². The second kappa shape index (κ2) is 9.11. The second-order valence-corrected chi connectivity index (χ2v) is 8.12. The van der Waals surface area contributed by atoms with Crippen molar-refractivity contribution in [2.24, 2.45) is 0 Å². The van der Waals surface area contributed by atoms with E-state index >= 15 is 0 Å². The SMILES string of the molecule is CCc1c(C)c(C(c2ccc(Cl)cc2)c2ccc(Cl)cc2)c(C)c(C(=O)OC)c1O. The summed E-state index contributed by atoms with van der Waals surface area (Å²) in [7, 11) is 1.32. The van der Waals surface area contributed by atoms with Gasteiger partial charge in [-0.25, -0.2) is 4.79 Å². The topological polar surface area (TPSA) is 46.5 Å². The molecule has 0 aliphatic carbocycles. The molecule has 0 atom stereocenters. The van der Waals surface area contributed by atoms with Crippen LogP contribution in [0.5, 0.6) is 5.75 Å². The number of hydrogen-bond donors (Lipinski definition) is 1. The molecule has 30 heavy (non-hydrogen) atoms. The normalized spacial score (nSPS) is 11.0. The minimum Gasteiger partial charge on any atom is -0.507 e. The first kappa shape index (κ1) is 22.2. The van der Waals surface area contributed by atoms with Crippen LogP contribution in [0.1, 0.15) is 56.6 Å². The van der Waals surface area contributed by atoms with Gasteiger partial charge >= 0.3 is 5.97 Å². The fourth-order valence-electron chi connectivity index (χ4n) is 4.14. The van der Waals surface area contributed by atoms with Crippen LogP contribution in [-0.4, -0.2) is 18.2 Å². The van der Waals surface area contributed by atoms with E-state index in [1.165, 1.54) is 7.11 Å². The molecule has 5 heteroatoms. The van der Waals surface area contributed by atoms with Crippen LogP contribution in [0.15, 0.2) is 48.5 Å². The average molecular weight is 443 g/mol. The third-order valence-corrected chi connectivity index (χ3v) is 6.10. The van der Waals surface area contributed by atoms with E-state index in [-0.39, 0.29) is 17.2 Å². The zero-order valence-corrected chi connectivity index (χ0v) is 18.9. The molecule has 0 aromatic heterocycles. The van der Waals surface area contributed by atoms with Crippen molar-refractivity contribution in [3.05, 3.63) is 97.5 Å². The molecule has 0 fully saturated rings. The summed E-state index contributed by atoms with van der Waals surface area (Å²) in [6, 6.07) is 15.3. The number of esters is 1. The number of halogens is 2. The van der Waals surface area contributed by atoms with Crippen molar-refractivity contribution in [2.75, 3.05) is 7.11 Å². The van der Waals surface area contributed by atoms with E-state index < -0.39 is 5.97 Å². The lowest BCUT2D eigenvalue weighted by atomic mass is 9.77. The summed E-state index contributed by atoms with van der Waals surface area (Å²) in [5.74, 6) is -0.727. The van der Waals surface area contributed by atoms with Crippen LogP contribution in [0.25, 0.3) is 0 Å². The highest BCUT2D eigenvalue weighted by Gasteiger charge is 2.29. The molecule has 0 bridgehead atoms. The molecule has 3 rings (SSSR count). The molecule has 3 aromatic rings. The Kier molecular flexibility index (Phi) is 6.74. The number of aromatic hydroxyl groups is 1. The lowest BCUT2D eigenvalue weighted by Crippen LogP contribution is -2.15. The Morgan fingerprint density at radius 3 is 1.80 bits per heavy atom. The van der Waals surface area contributed by atoms with Crippen molar-refractivity contribution in [3.8, 4) is 5.75 Å². The van der Waals surface area contributed by atoms with Crippen molar-refractivity contribution in [2.45, 2.75) is 33.1 Å². The summed E-state index contributed by atoms with van der Waals surface area (Å²) in [6.07, 6.45) is 0.586. The number of carbonyl (C=O) groups is 1. The third kappa shape index (κ3) is 4.05. The average Bonchev–Trinajstić information content (AvgIpc) is 2.73. The van der Waals surface area contributed by atoms with Crippen LogP contribution >= 0.6 is 23.2 Å². The molecule has 0 saturated heterocycles. The highest BCUT2D eigenvalue weighted by atomic mass is 35.5. The van der Waals surface area contributed by atoms with Gasteiger partial charge in [0.15, 0.2) is 0 Å². The monoisotopic (exact) mass is 442 g/mol. The minimum atomic E-state index is -0.549. The predicted octanol–water partition coefficient (Wildman–Crippen LogP) is 6.85. The molecule has 0 spiro atoms. The lowest BCUT2D eigenvalue weighted by Gasteiger charge is -2.27. The van der Waals surface area contributed by atoms with Crippen LogP contribution < -0.4 is 0 Å². The maximum atomic E-state index is 12.6. The summed E-state index contributed by atoms with van der Waals surface area (Å²) in [5.41, 5.74) is 5.62. The summed E-state index contributed by atoms with van der Waals surface area (Å²) in [4.78, 5) is 12.6. The van der Waals surface area contributed by atoms with E-state index in [0.717, 1.165) is 27.8 Å². The number of phenolic OH excluding ortho intramolecular Hbond substituents is 1. The highest BCUT2D eigenvalue weighted by molar-refractivity contribution is 6.30. The molecular formula is C25H24Cl2O3. The number of rotatable bonds is 5. The summed E-state index contributed by atoms with van der Waals surface area (Å²) >= 11 is 12.3. The van der Waals surface area contributed by atoms with Gasteiger partial charge in [-0.2, -0.15) is 0 Å². The van der Waals surface area contributed by atoms with Gasteiger partial charge < -0.3 is 9.84 Å². The van der Waals surface area contributed by atoms with Gasteiger partial charge in [-0.1, -0.05) is 54.4 Å². The van der Waals surface area contributed by atoms with Gasteiger partial charge in [0.1, 0.15) is 11.3 Å². The third-order valence-electron chi connectivity index (χ3n) is 5.60. The van der Waals surface area contributed by atoms with Crippen LogP contribution in [0.4, 0.5) is 0 Å². The second-order valence-electron chi connectivity index (χ2n) is 7.25. The van der Waals surface area contributed by atoms with Crippen LogP contribution in [0.2, 0.25) is 10.0 Å². The van der Waals surface area contributed by atoms with E-state index in [0.29, 0.717) is 22.0 Å². The molecule has 0 heterocycles. The molecule has 0 radical (unpaired) electrons. The Hall–Kier alpha value is -2.49. The first-order chi connectivity index (χ1) is 14.3. The van der Waals surface area contributed by atoms with E-state index in [9.17, 15) is 9.90 Å². The first-order valence-corrected chi connectivity index (χ1v) is 10.5. The predicted molar refractivity (Wildman–Crippen MR) is 122 cm³/mol. The van der Waals surface area contributed by atoms with E-state index in [4.69, 9.17) is 27.9 Å². The molecule has 0 unspecified atom stereocenters. The number of benzene rings is 3. The van der Waals surface area contributed by atoms with Gasteiger partial charge in [0.05, 0.1) is 7.11 Å². The first-order valence-electron chi connectivity index (χ1n) is 9.74. The molecule has 0 saturated carbocycles. The Bertz CT molecular complexity index is 1030. The molecule has 0 amide bonds. The van der Waals surface area contributed by atoms with Crippen molar-refractivity contribution in [1.82, 2.24) is 0 Å². The zero-order chi connectivity index (χ0) is 22.0. The molecule has 156 valence electrons. The van der Waals surface area contributed by atoms with Gasteiger partial charge in [0.25, 0.3) is 0 Å². The lowest BCUT2D eigenvalue weighted by molar-refractivity contribution is 0.0596. The highest BCUT2D eigenvalue weighted by Crippen LogP contribution is 2.42. The van der Waals surface area contributed by atoms with Gasteiger partial charge in [-0.15, -0.1) is 0 Å². The zero-order valence-electron chi connectivity index (χ0n) is 17.4. The summed E-state index contributed by atoms with van der Waals surface area (Å²) in [6.45, 7) is 5.80. The quantitative estimate of drug-likeness (QED) is 0.347. The van der Waals surface area contributed by atoms with E-state index in [2.05, 4.69) is 0 Å². The smallest absolute Gasteiger partial charge is 0.341 e. The summed E-state index contributed by atoms with van der Waals surface area (Å²) < 4.78 is 4.98. The van der Waals surface area contributed by atoms with Crippen molar-refractivity contribution in [1.29, 1.82) is 0 Å².